The van der Waals surface area contributed by atoms with Crippen LogP contribution in [0.15, 0.2) is 11.6 Å². The van der Waals surface area contributed by atoms with Gasteiger partial charge in [0.25, 0.3) is 0 Å². The maximum atomic E-state index is 11.6. The summed E-state index contributed by atoms with van der Waals surface area (Å²) in [5.41, 5.74) is 0.260. The number of hydrogen-bond donors (Lipinski definition) is 3. The molecule has 10 atom stereocenters. The van der Waals surface area contributed by atoms with Gasteiger partial charge in [-0.25, -0.2) is 0 Å². The Labute approximate surface area is 190 Å². The summed E-state index contributed by atoms with van der Waals surface area (Å²) in [4.78, 5) is 0. The van der Waals surface area contributed by atoms with E-state index >= 15 is 0 Å². The maximum absolute atomic E-state index is 11.6. The van der Waals surface area contributed by atoms with Crippen molar-refractivity contribution < 1.29 is 15.3 Å². The molecule has 0 saturated heterocycles. The molecule has 0 aromatic heterocycles. The Morgan fingerprint density at radius 1 is 0.935 bits per heavy atom. The van der Waals surface area contributed by atoms with Crippen LogP contribution in [0.1, 0.15) is 99.3 Å². The van der Waals surface area contributed by atoms with Gasteiger partial charge in [0, 0.05) is 11.8 Å². The molecule has 3 heteroatoms. The van der Waals surface area contributed by atoms with Gasteiger partial charge < -0.3 is 15.3 Å². The van der Waals surface area contributed by atoms with Crippen molar-refractivity contribution in [3.05, 3.63) is 11.6 Å². The molecule has 3 fully saturated rings. The molecule has 0 radical (unpaired) electrons. The van der Waals surface area contributed by atoms with Crippen LogP contribution in [0.25, 0.3) is 0 Å². The summed E-state index contributed by atoms with van der Waals surface area (Å²) < 4.78 is 0. The van der Waals surface area contributed by atoms with Crippen molar-refractivity contribution >= 4 is 0 Å². The van der Waals surface area contributed by atoms with Gasteiger partial charge in [-0.2, -0.15) is 0 Å². The molecule has 0 unspecified atom stereocenters. The molecule has 4 rings (SSSR count). The van der Waals surface area contributed by atoms with Gasteiger partial charge in [0.1, 0.15) is 11.7 Å². The molecule has 3 saturated carbocycles. The summed E-state index contributed by atoms with van der Waals surface area (Å²) in [5.74, 6) is 3.96. The molecule has 3 N–H and O–H groups in total. The van der Waals surface area contributed by atoms with E-state index in [4.69, 9.17) is 0 Å². The summed E-state index contributed by atoms with van der Waals surface area (Å²) in [6.07, 6.45) is 10.1. The molecule has 178 valence electrons. The lowest BCUT2D eigenvalue weighted by atomic mass is 9.45. The van der Waals surface area contributed by atoms with Gasteiger partial charge in [0.05, 0.1) is 6.10 Å². The summed E-state index contributed by atoms with van der Waals surface area (Å²) in [6.45, 7) is 14.3. The first kappa shape index (κ1) is 23.8. The largest absolute Gasteiger partial charge is 0.393 e. The summed E-state index contributed by atoms with van der Waals surface area (Å²) in [7, 11) is 0. The predicted octanol–water partition coefficient (Wildman–Crippen LogP) is 5.72. The zero-order valence-corrected chi connectivity index (χ0v) is 20.9. The fourth-order valence-electron chi connectivity index (χ4n) is 8.58. The van der Waals surface area contributed by atoms with Gasteiger partial charge in [0.2, 0.25) is 0 Å². The molecule has 3 nitrogen and oxygen atoms in total. The first-order valence-corrected chi connectivity index (χ1v) is 13.2. The highest BCUT2D eigenvalue weighted by atomic mass is 16.3. The number of aliphatic hydroxyl groups is 3. The third kappa shape index (κ3) is 3.56. The molecule has 4 aliphatic rings. The fourth-order valence-corrected chi connectivity index (χ4v) is 8.58. The molecule has 0 aliphatic heterocycles. The van der Waals surface area contributed by atoms with Crippen molar-refractivity contribution in [3.63, 3.8) is 0 Å². The Kier molecular flexibility index (Phi) is 6.24. The molecule has 0 heterocycles. The Bertz CT molecular complexity index is 700. The number of allylic oxidation sites excluding steroid dienone is 1. The van der Waals surface area contributed by atoms with E-state index in [0.29, 0.717) is 23.7 Å². The quantitative estimate of drug-likeness (QED) is 0.487. The van der Waals surface area contributed by atoms with Crippen LogP contribution in [0.4, 0.5) is 0 Å². The SMILES string of the molecule is CC(C)[C@@H](C)CC[C@@H](C)[C@H]1CC[C@H]2C3=C[C@@H](O)[C@@]4(O)C[C@@H](O)CC[C@]4(C)[C@H]3CC[C@]12C. The van der Waals surface area contributed by atoms with Gasteiger partial charge in [-0.1, -0.05) is 66.0 Å². The van der Waals surface area contributed by atoms with E-state index in [-0.39, 0.29) is 5.41 Å². The van der Waals surface area contributed by atoms with Gasteiger partial charge >= 0.3 is 0 Å². The van der Waals surface area contributed by atoms with E-state index in [1.807, 2.05) is 6.08 Å². The van der Waals surface area contributed by atoms with Crippen LogP contribution >= 0.6 is 0 Å². The van der Waals surface area contributed by atoms with Crippen molar-refractivity contribution in [2.75, 3.05) is 0 Å². The zero-order valence-electron chi connectivity index (χ0n) is 20.9. The van der Waals surface area contributed by atoms with Gasteiger partial charge in [-0.05, 0) is 79.4 Å². The van der Waals surface area contributed by atoms with Crippen LogP contribution in [-0.2, 0) is 0 Å². The number of aliphatic hydroxyl groups excluding tert-OH is 2. The fraction of sp³-hybridized carbons (Fsp3) is 0.929. The minimum absolute atomic E-state index is 0.306. The third-order valence-corrected chi connectivity index (χ3v) is 11.2. The highest BCUT2D eigenvalue weighted by molar-refractivity contribution is 5.33. The normalized spacial score (nSPS) is 49.1. The topological polar surface area (TPSA) is 60.7 Å². The second kappa shape index (κ2) is 8.13. The third-order valence-electron chi connectivity index (χ3n) is 11.2. The lowest BCUT2D eigenvalue weighted by Gasteiger charge is -2.62. The average molecular weight is 433 g/mol. The van der Waals surface area contributed by atoms with Crippen LogP contribution in [0.2, 0.25) is 0 Å². The van der Waals surface area contributed by atoms with Crippen LogP contribution in [0.5, 0.6) is 0 Å². The molecular weight excluding hydrogens is 384 g/mol. The number of fused-ring (bicyclic) bond motifs is 5. The maximum Gasteiger partial charge on any atom is 0.102 e. The average Bonchev–Trinajstić information content (AvgIpc) is 3.05. The van der Waals surface area contributed by atoms with Crippen molar-refractivity contribution in [2.45, 2.75) is 117 Å². The van der Waals surface area contributed by atoms with Gasteiger partial charge in [-0.15, -0.1) is 0 Å². The Balaban J connectivity index is 1.57. The van der Waals surface area contributed by atoms with Gasteiger partial charge in [0.15, 0.2) is 0 Å². The van der Waals surface area contributed by atoms with Gasteiger partial charge in [-0.3, -0.25) is 0 Å². The minimum atomic E-state index is -1.19. The standard InChI is InChI=1S/C28H48O3/c1-17(2)18(3)7-8-19(4)22-9-10-23-21-15-25(30)28(31)16-20(29)11-14-27(28,6)24(21)12-13-26(22,23)5/h15,17-20,22-25,29-31H,7-14,16H2,1-6H3/t18-,19+,20-,22+,23-,24-,25+,26+,27+,28-/m0/s1. The number of hydrogen-bond acceptors (Lipinski definition) is 3. The van der Waals surface area contributed by atoms with E-state index in [1.165, 1.54) is 37.7 Å². The predicted molar refractivity (Wildman–Crippen MR) is 126 cm³/mol. The number of rotatable bonds is 5. The zero-order chi connectivity index (χ0) is 22.8. The lowest BCUT2D eigenvalue weighted by molar-refractivity contribution is -0.210. The summed E-state index contributed by atoms with van der Waals surface area (Å²) in [6, 6.07) is 0. The van der Waals surface area contributed by atoms with Crippen LogP contribution in [0, 0.1) is 46.3 Å². The molecule has 0 bridgehead atoms. The summed E-state index contributed by atoms with van der Waals surface area (Å²) >= 11 is 0. The lowest BCUT2D eigenvalue weighted by Crippen LogP contribution is -2.65. The van der Waals surface area contributed by atoms with E-state index in [2.05, 4.69) is 41.5 Å². The van der Waals surface area contributed by atoms with Crippen LogP contribution in [0.3, 0.4) is 0 Å². The van der Waals surface area contributed by atoms with E-state index in [0.717, 1.165) is 42.9 Å². The highest BCUT2D eigenvalue weighted by Crippen LogP contribution is 2.67. The van der Waals surface area contributed by atoms with Crippen LogP contribution < -0.4 is 0 Å². The molecule has 0 spiro atoms. The Morgan fingerprint density at radius 3 is 2.32 bits per heavy atom. The van der Waals surface area contributed by atoms with Crippen molar-refractivity contribution in [3.8, 4) is 0 Å². The smallest absolute Gasteiger partial charge is 0.102 e. The van der Waals surface area contributed by atoms with E-state index in [9.17, 15) is 15.3 Å². The monoisotopic (exact) mass is 432 g/mol. The highest BCUT2D eigenvalue weighted by Gasteiger charge is 2.64. The minimum Gasteiger partial charge on any atom is -0.393 e. The molecule has 31 heavy (non-hydrogen) atoms. The first-order valence-electron chi connectivity index (χ1n) is 13.2. The van der Waals surface area contributed by atoms with Crippen molar-refractivity contribution in [1.29, 1.82) is 0 Å². The van der Waals surface area contributed by atoms with Crippen molar-refractivity contribution in [1.82, 2.24) is 0 Å². The molecule has 0 amide bonds. The summed E-state index contributed by atoms with van der Waals surface area (Å²) in [5, 5.41) is 33.0. The second-order valence-electron chi connectivity index (χ2n) is 13.0. The van der Waals surface area contributed by atoms with Crippen molar-refractivity contribution in [2.24, 2.45) is 46.3 Å². The molecule has 0 aromatic carbocycles. The second-order valence-corrected chi connectivity index (χ2v) is 13.0. The van der Waals surface area contributed by atoms with E-state index < -0.39 is 17.8 Å². The molecule has 4 aliphatic carbocycles. The van der Waals surface area contributed by atoms with E-state index in [1.54, 1.807) is 0 Å². The first-order chi connectivity index (χ1) is 14.4. The molecule has 0 aromatic rings. The Hall–Kier alpha value is -0.380. The Morgan fingerprint density at radius 2 is 1.65 bits per heavy atom. The molecular formula is C28H48O3. The van der Waals surface area contributed by atoms with Crippen LogP contribution in [-0.4, -0.2) is 33.1 Å².